The molecule has 3 atom stereocenters. The molecule has 0 amide bonds. The van der Waals surface area contributed by atoms with Crippen LogP contribution in [0.5, 0.6) is 11.5 Å². The van der Waals surface area contributed by atoms with Gasteiger partial charge in [-0.2, -0.15) is 0 Å². The number of hydrogen-bond acceptors (Lipinski definition) is 6. The molecule has 3 heterocycles. The summed E-state index contributed by atoms with van der Waals surface area (Å²) in [6.07, 6.45) is 2.91. The smallest absolute Gasteiger partial charge is 0.166 e. The fourth-order valence-electron chi connectivity index (χ4n) is 3.95. The number of aromatic nitrogens is 1. The maximum atomic E-state index is 6.08. The van der Waals surface area contributed by atoms with Crippen LogP contribution in [0.2, 0.25) is 0 Å². The molecule has 1 aromatic carbocycles. The molecule has 0 spiro atoms. The second kappa shape index (κ2) is 8.33. The Bertz CT molecular complexity index is 877. The van der Waals surface area contributed by atoms with E-state index in [1.165, 1.54) is 0 Å². The monoisotopic (exact) mass is 461 g/mol. The number of benzene rings is 1. The Morgan fingerprint density at radius 2 is 2.14 bits per heavy atom. The Balaban J connectivity index is 1.88. The molecule has 0 saturated carbocycles. The number of methoxy groups -OCH3 is 1. The summed E-state index contributed by atoms with van der Waals surface area (Å²) in [7, 11) is 1.68. The lowest BCUT2D eigenvalue weighted by Gasteiger charge is -2.33. The summed E-state index contributed by atoms with van der Waals surface area (Å²) in [5.41, 5.74) is 2.06. The molecule has 28 heavy (non-hydrogen) atoms. The maximum absolute atomic E-state index is 6.08. The van der Waals surface area contributed by atoms with Gasteiger partial charge in [0, 0.05) is 28.0 Å². The molecule has 148 valence electrons. The summed E-state index contributed by atoms with van der Waals surface area (Å²) in [5.74, 6) is 2.59. The number of fused-ring (bicyclic) bond motifs is 1. The highest BCUT2D eigenvalue weighted by molar-refractivity contribution is 9.10. The fourth-order valence-corrected chi connectivity index (χ4v) is 5.74. The first-order chi connectivity index (χ1) is 13.7. The predicted octanol–water partition coefficient (Wildman–Crippen LogP) is 5.23. The van der Waals surface area contributed by atoms with Gasteiger partial charge < -0.3 is 14.4 Å². The first kappa shape index (κ1) is 19.6. The first-order valence-electron chi connectivity index (χ1n) is 9.58. The van der Waals surface area contributed by atoms with Gasteiger partial charge in [-0.05, 0) is 37.6 Å². The number of rotatable bonds is 6. The van der Waals surface area contributed by atoms with E-state index in [0.29, 0.717) is 12.6 Å². The van der Waals surface area contributed by atoms with Crippen LogP contribution in [0.1, 0.15) is 43.6 Å². The molecule has 0 aliphatic carbocycles. The van der Waals surface area contributed by atoms with Crippen molar-refractivity contribution in [2.24, 2.45) is 4.99 Å². The Morgan fingerprint density at radius 1 is 1.29 bits per heavy atom. The number of halogens is 1. The second-order valence-corrected chi connectivity index (χ2v) is 8.70. The largest absolute Gasteiger partial charge is 0.493 e. The van der Waals surface area contributed by atoms with Crippen LogP contribution in [0.15, 0.2) is 46.0 Å². The molecule has 2 aliphatic heterocycles. The highest BCUT2D eigenvalue weighted by atomic mass is 79.9. The van der Waals surface area contributed by atoms with E-state index in [1.807, 2.05) is 43.1 Å². The summed E-state index contributed by atoms with van der Waals surface area (Å²) < 4.78 is 12.7. The van der Waals surface area contributed by atoms with Crippen molar-refractivity contribution in [1.29, 1.82) is 0 Å². The topological polar surface area (TPSA) is 47.0 Å². The van der Waals surface area contributed by atoms with Crippen molar-refractivity contribution in [2.75, 3.05) is 19.5 Å². The van der Waals surface area contributed by atoms with Crippen molar-refractivity contribution in [3.8, 4) is 11.5 Å². The quantitative estimate of drug-likeness (QED) is 0.588. The average molecular weight is 462 g/mol. The molecule has 2 aliphatic rings. The number of ether oxygens (including phenoxy) is 2. The number of nitrogens with zero attached hydrogens (tertiary/aromatic N) is 3. The van der Waals surface area contributed by atoms with Gasteiger partial charge in [0.15, 0.2) is 16.7 Å². The van der Waals surface area contributed by atoms with Crippen molar-refractivity contribution in [2.45, 2.75) is 38.4 Å². The zero-order valence-electron chi connectivity index (χ0n) is 16.3. The summed E-state index contributed by atoms with van der Waals surface area (Å²) >= 11 is 5.50. The highest BCUT2D eigenvalue weighted by Gasteiger charge is 2.46. The van der Waals surface area contributed by atoms with Gasteiger partial charge >= 0.3 is 0 Å². The Morgan fingerprint density at radius 3 is 2.82 bits per heavy atom. The lowest BCUT2D eigenvalue weighted by molar-refractivity contribution is 0.240. The number of hydrogen-bond donors (Lipinski definition) is 0. The molecule has 2 aromatic rings. The molecule has 0 radical (unpaired) electrons. The van der Waals surface area contributed by atoms with E-state index in [-0.39, 0.29) is 12.1 Å². The highest BCUT2D eigenvalue weighted by Crippen LogP contribution is 2.52. The van der Waals surface area contributed by atoms with Gasteiger partial charge in [0.25, 0.3) is 0 Å². The maximum Gasteiger partial charge on any atom is 0.166 e. The van der Waals surface area contributed by atoms with Crippen molar-refractivity contribution in [1.82, 2.24) is 9.88 Å². The molecule has 1 saturated heterocycles. The zero-order valence-corrected chi connectivity index (χ0v) is 18.7. The minimum absolute atomic E-state index is 0.0257. The third-order valence-corrected chi connectivity index (χ3v) is 6.79. The fraction of sp³-hybridized carbons (Fsp3) is 0.429. The molecule has 1 fully saturated rings. The minimum atomic E-state index is -0.0729. The van der Waals surface area contributed by atoms with Crippen molar-refractivity contribution in [3.05, 3.63) is 52.3 Å². The van der Waals surface area contributed by atoms with Gasteiger partial charge in [-0.15, -0.1) is 0 Å². The minimum Gasteiger partial charge on any atom is -0.493 e. The van der Waals surface area contributed by atoms with Crippen LogP contribution in [0, 0.1) is 0 Å². The molecule has 7 heteroatoms. The van der Waals surface area contributed by atoms with Crippen molar-refractivity contribution < 1.29 is 9.47 Å². The van der Waals surface area contributed by atoms with Crippen LogP contribution < -0.4 is 9.47 Å². The SMILES string of the molecule is CCOc1c(OC)cc(Br)cc1[C@@H]1[C@@H](c2ccccn2)N=C2SC[C@@H](CC)N21. The number of amidine groups is 1. The number of pyridine rings is 1. The Labute approximate surface area is 178 Å². The van der Waals surface area contributed by atoms with Gasteiger partial charge in [-0.3, -0.25) is 9.98 Å². The summed E-state index contributed by atoms with van der Waals surface area (Å²) in [5, 5.41) is 1.11. The Hall–Kier alpha value is -1.73. The predicted molar refractivity (Wildman–Crippen MR) is 117 cm³/mol. The normalized spacial score (nSPS) is 23.5. The molecule has 0 unspecified atom stereocenters. The lowest BCUT2D eigenvalue weighted by Crippen LogP contribution is -2.35. The van der Waals surface area contributed by atoms with Crippen molar-refractivity contribution >= 4 is 32.9 Å². The van der Waals surface area contributed by atoms with Crippen LogP contribution in [0.3, 0.4) is 0 Å². The van der Waals surface area contributed by atoms with Gasteiger partial charge in [-0.1, -0.05) is 40.7 Å². The molecular weight excluding hydrogens is 438 g/mol. The van der Waals surface area contributed by atoms with Crippen molar-refractivity contribution in [3.63, 3.8) is 0 Å². The van der Waals surface area contributed by atoms with E-state index in [4.69, 9.17) is 14.5 Å². The van der Waals surface area contributed by atoms with Gasteiger partial charge in [0.1, 0.15) is 6.04 Å². The van der Waals surface area contributed by atoms with E-state index in [1.54, 1.807) is 7.11 Å². The summed E-state index contributed by atoms with van der Waals surface area (Å²) in [6, 6.07) is 10.5. The zero-order chi connectivity index (χ0) is 19.7. The van der Waals surface area contributed by atoms with Crippen LogP contribution in [0.4, 0.5) is 0 Å². The molecule has 5 nitrogen and oxygen atoms in total. The summed E-state index contributed by atoms with van der Waals surface area (Å²) in [6.45, 7) is 4.81. The average Bonchev–Trinajstić information content (AvgIpc) is 3.28. The van der Waals surface area contributed by atoms with Crippen LogP contribution in [-0.2, 0) is 0 Å². The van der Waals surface area contributed by atoms with Gasteiger partial charge in [0.05, 0.1) is 25.5 Å². The van der Waals surface area contributed by atoms with E-state index in [0.717, 1.165) is 44.6 Å². The van der Waals surface area contributed by atoms with Crippen LogP contribution >= 0.6 is 27.7 Å². The molecule has 4 rings (SSSR count). The molecular formula is C21H24BrN3O2S. The van der Waals surface area contributed by atoms with Crippen LogP contribution in [0.25, 0.3) is 0 Å². The number of aliphatic imine (C=N–C) groups is 1. The van der Waals surface area contributed by atoms with Gasteiger partial charge in [0.2, 0.25) is 0 Å². The van der Waals surface area contributed by atoms with E-state index >= 15 is 0 Å². The molecule has 0 bridgehead atoms. The number of thioether (sulfide) groups is 1. The van der Waals surface area contributed by atoms with E-state index in [2.05, 4.69) is 44.9 Å². The molecule has 0 N–H and O–H groups in total. The van der Waals surface area contributed by atoms with Crippen LogP contribution in [-0.4, -0.2) is 40.6 Å². The summed E-state index contributed by atoms with van der Waals surface area (Å²) in [4.78, 5) is 12.2. The Kier molecular flexibility index (Phi) is 5.83. The van der Waals surface area contributed by atoms with E-state index in [9.17, 15) is 0 Å². The third-order valence-electron chi connectivity index (χ3n) is 5.21. The lowest BCUT2D eigenvalue weighted by atomic mass is 9.94. The second-order valence-electron chi connectivity index (χ2n) is 6.80. The first-order valence-corrected chi connectivity index (χ1v) is 11.4. The standard InChI is InChI=1S/C21H24BrN3O2S/c1-4-14-12-28-21-24-18(16-8-6-7-9-23-16)19(25(14)21)15-10-13(22)11-17(26-3)20(15)27-5-2/h6-11,14,18-19H,4-5,12H2,1-3H3/t14-,18-,19-/m1/s1. The van der Waals surface area contributed by atoms with E-state index < -0.39 is 0 Å². The molecule has 1 aromatic heterocycles. The van der Waals surface area contributed by atoms with Gasteiger partial charge in [-0.25, -0.2) is 0 Å². The third kappa shape index (κ3) is 3.39.